The molecule has 3 aromatic rings. The van der Waals surface area contributed by atoms with E-state index in [2.05, 4.69) is 10.3 Å². The second-order valence-electron chi connectivity index (χ2n) is 7.71. The van der Waals surface area contributed by atoms with Crippen LogP contribution in [0.3, 0.4) is 0 Å². The van der Waals surface area contributed by atoms with E-state index in [1.165, 1.54) is 12.1 Å². The average Bonchev–Trinajstić information content (AvgIpc) is 3.22. The molecule has 1 aliphatic carbocycles. The summed E-state index contributed by atoms with van der Waals surface area (Å²) in [7, 11) is 0. The molecule has 1 aliphatic heterocycles. The third-order valence-corrected chi connectivity index (χ3v) is 5.69. The number of rotatable bonds is 5. The van der Waals surface area contributed by atoms with Gasteiger partial charge in [-0.3, -0.25) is 14.9 Å². The minimum Gasteiger partial charge on any atom is -0.494 e. The second-order valence-corrected chi connectivity index (χ2v) is 7.71. The van der Waals surface area contributed by atoms with E-state index >= 15 is 0 Å². The molecule has 0 bridgehead atoms. The lowest BCUT2D eigenvalue weighted by Gasteiger charge is -2.32. The number of hydrogen-bond donors (Lipinski definition) is 1. The van der Waals surface area contributed by atoms with Crippen molar-refractivity contribution < 1.29 is 14.5 Å². The van der Waals surface area contributed by atoms with Crippen LogP contribution in [0.2, 0.25) is 0 Å². The number of nitro groups is 1. The van der Waals surface area contributed by atoms with Gasteiger partial charge in [0, 0.05) is 35.4 Å². The van der Waals surface area contributed by atoms with Crippen LogP contribution in [-0.4, -0.2) is 32.1 Å². The van der Waals surface area contributed by atoms with E-state index in [0.717, 1.165) is 29.9 Å². The molecule has 0 fully saturated rings. The summed E-state index contributed by atoms with van der Waals surface area (Å²) < 4.78 is 7.16. The SMILES string of the molecule is CCOc1ccc(-c2nc3n(n2)C(c2cccc([N+](=O)[O-])c2)C2=C(CCCC2=O)N3)cc1. The predicted molar refractivity (Wildman–Crippen MR) is 117 cm³/mol. The zero-order chi connectivity index (χ0) is 22.2. The number of aromatic nitrogens is 3. The number of ketones is 1. The Bertz CT molecular complexity index is 1250. The van der Waals surface area contributed by atoms with Crippen LogP contribution >= 0.6 is 0 Å². The molecule has 2 aromatic carbocycles. The summed E-state index contributed by atoms with van der Waals surface area (Å²) in [5, 5.41) is 19.3. The van der Waals surface area contributed by atoms with Crippen LogP contribution in [0.4, 0.5) is 11.6 Å². The van der Waals surface area contributed by atoms with Gasteiger partial charge >= 0.3 is 0 Å². The number of carbonyl (C=O) groups excluding carboxylic acids is 1. The van der Waals surface area contributed by atoms with Crippen molar-refractivity contribution in [3.8, 4) is 17.1 Å². The van der Waals surface area contributed by atoms with Gasteiger partial charge < -0.3 is 10.1 Å². The lowest BCUT2D eigenvalue weighted by molar-refractivity contribution is -0.384. The van der Waals surface area contributed by atoms with Gasteiger partial charge in [0.25, 0.3) is 5.69 Å². The van der Waals surface area contributed by atoms with Crippen molar-refractivity contribution in [2.75, 3.05) is 11.9 Å². The van der Waals surface area contributed by atoms with Gasteiger partial charge in [-0.05, 0) is 49.6 Å². The number of nitrogens with one attached hydrogen (secondary N) is 1. The highest BCUT2D eigenvalue weighted by Gasteiger charge is 2.37. The van der Waals surface area contributed by atoms with Crippen LogP contribution in [0.15, 0.2) is 59.8 Å². The normalized spacial score (nSPS) is 17.4. The van der Waals surface area contributed by atoms with Crippen LogP contribution in [0, 0.1) is 10.1 Å². The Morgan fingerprint density at radius 1 is 1.22 bits per heavy atom. The first-order valence-electron chi connectivity index (χ1n) is 10.5. The molecule has 32 heavy (non-hydrogen) atoms. The van der Waals surface area contributed by atoms with Gasteiger partial charge in [0.05, 0.1) is 11.5 Å². The van der Waals surface area contributed by atoms with Crippen molar-refractivity contribution in [2.24, 2.45) is 0 Å². The lowest BCUT2D eigenvalue weighted by atomic mass is 9.85. The number of nitrogens with zero attached hydrogens (tertiary/aromatic N) is 4. The lowest BCUT2D eigenvalue weighted by Crippen LogP contribution is -2.31. The third-order valence-electron chi connectivity index (χ3n) is 5.69. The van der Waals surface area contributed by atoms with E-state index in [1.807, 2.05) is 31.2 Å². The summed E-state index contributed by atoms with van der Waals surface area (Å²) in [5.74, 6) is 1.80. The molecule has 162 valence electrons. The van der Waals surface area contributed by atoms with Gasteiger partial charge in [-0.15, -0.1) is 5.10 Å². The van der Waals surface area contributed by atoms with Crippen LogP contribution in [0.25, 0.3) is 11.4 Å². The molecule has 0 spiro atoms. The van der Waals surface area contributed by atoms with Gasteiger partial charge in [-0.2, -0.15) is 4.98 Å². The Labute approximate surface area is 183 Å². The Balaban J connectivity index is 1.62. The number of allylic oxidation sites excluding steroid dienone is 2. The molecule has 2 heterocycles. The number of benzene rings is 2. The number of non-ortho nitro benzene ring substituents is 1. The van der Waals surface area contributed by atoms with Crippen molar-refractivity contribution in [3.63, 3.8) is 0 Å². The third kappa shape index (κ3) is 3.41. The first-order valence-corrected chi connectivity index (χ1v) is 10.5. The van der Waals surface area contributed by atoms with Crippen LogP contribution < -0.4 is 10.1 Å². The van der Waals surface area contributed by atoms with Gasteiger partial charge in [-0.25, -0.2) is 4.68 Å². The van der Waals surface area contributed by atoms with Crippen molar-refractivity contribution in [1.29, 1.82) is 0 Å². The minimum absolute atomic E-state index is 0.0269. The predicted octanol–water partition coefficient (Wildman–Crippen LogP) is 4.27. The summed E-state index contributed by atoms with van der Waals surface area (Å²) in [5.41, 5.74) is 2.83. The topological polar surface area (TPSA) is 112 Å². The largest absolute Gasteiger partial charge is 0.494 e. The summed E-state index contributed by atoms with van der Waals surface area (Å²) >= 11 is 0. The Hall–Kier alpha value is -4.01. The fraction of sp³-hybridized carbons (Fsp3) is 0.261. The fourth-order valence-corrected chi connectivity index (χ4v) is 4.26. The molecule has 0 saturated heterocycles. The van der Waals surface area contributed by atoms with Crippen molar-refractivity contribution in [3.05, 3.63) is 75.5 Å². The summed E-state index contributed by atoms with van der Waals surface area (Å²) in [6.45, 7) is 2.51. The van der Waals surface area contributed by atoms with Gasteiger partial charge in [0.1, 0.15) is 11.8 Å². The number of anilines is 1. The maximum Gasteiger partial charge on any atom is 0.269 e. The van der Waals surface area contributed by atoms with Crippen molar-refractivity contribution in [2.45, 2.75) is 32.2 Å². The van der Waals surface area contributed by atoms with E-state index in [4.69, 9.17) is 9.84 Å². The van der Waals surface area contributed by atoms with Crippen molar-refractivity contribution >= 4 is 17.4 Å². The Kier molecular flexibility index (Phi) is 4.93. The molecule has 1 N–H and O–H groups in total. The quantitative estimate of drug-likeness (QED) is 0.474. The number of Topliss-reactive ketones (excluding diaryl/α,β-unsaturated/α-hetero) is 1. The molecule has 5 rings (SSSR count). The minimum atomic E-state index is -0.571. The average molecular weight is 431 g/mol. The fourth-order valence-electron chi connectivity index (χ4n) is 4.26. The monoisotopic (exact) mass is 431 g/mol. The molecule has 2 aliphatic rings. The Morgan fingerprint density at radius 3 is 2.78 bits per heavy atom. The van der Waals surface area contributed by atoms with E-state index < -0.39 is 11.0 Å². The number of hydrogen-bond acceptors (Lipinski definition) is 7. The molecular formula is C23H21N5O4. The van der Waals surface area contributed by atoms with E-state index in [-0.39, 0.29) is 11.5 Å². The first-order chi connectivity index (χ1) is 15.5. The maximum atomic E-state index is 12.9. The molecule has 1 unspecified atom stereocenters. The highest BCUT2D eigenvalue weighted by atomic mass is 16.6. The summed E-state index contributed by atoms with van der Waals surface area (Å²) in [6.07, 6.45) is 1.92. The summed E-state index contributed by atoms with van der Waals surface area (Å²) in [4.78, 5) is 28.5. The molecule has 9 nitrogen and oxygen atoms in total. The van der Waals surface area contributed by atoms with Crippen molar-refractivity contribution in [1.82, 2.24) is 14.8 Å². The van der Waals surface area contributed by atoms with Crippen LogP contribution in [0.1, 0.15) is 37.8 Å². The number of nitro benzene ring substituents is 1. The molecule has 1 atom stereocenters. The first kappa shape index (κ1) is 19.9. The molecule has 0 radical (unpaired) electrons. The van der Waals surface area contributed by atoms with E-state index in [9.17, 15) is 14.9 Å². The molecule has 9 heteroatoms. The van der Waals surface area contributed by atoms with Gasteiger partial charge in [-0.1, -0.05) is 12.1 Å². The highest BCUT2D eigenvalue weighted by Crippen LogP contribution is 2.41. The van der Waals surface area contributed by atoms with Crippen LogP contribution in [0.5, 0.6) is 5.75 Å². The number of fused-ring (bicyclic) bond motifs is 1. The smallest absolute Gasteiger partial charge is 0.269 e. The number of carbonyl (C=O) groups is 1. The Morgan fingerprint density at radius 2 is 2.03 bits per heavy atom. The molecule has 0 saturated carbocycles. The maximum absolute atomic E-state index is 12.9. The molecule has 1 aromatic heterocycles. The van der Waals surface area contributed by atoms with Crippen LogP contribution in [-0.2, 0) is 4.79 Å². The van der Waals surface area contributed by atoms with E-state index in [0.29, 0.717) is 35.9 Å². The molecular weight excluding hydrogens is 410 g/mol. The molecule has 0 amide bonds. The standard InChI is InChI=1S/C23H21N5O4/c1-2-32-17-11-9-14(10-12-17)22-25-23-24-18-7-4-8-19(29)20(18)21(27(23)26-22)15-5-3-6-16(13-15)28(30)31/h3,5-6,9-13,21H,2,4,7-8H2,1H3,(H,24,25,26). The summed E-state index contributed by atoms with van der Waals surface area (Å²) in [6, 6.07) is 13.3. The zero-order valence-corrected chi connectivity index (χ0v) is 17.4. The second kappa shape index (κ2) is 7.92. The zero-order valence-electron chi connectivity index (χ0n) is 17.4. The van der Waals surface area contributed by atoms with Gasteiger partial charge in [0.15, 0.2) is 11.6 Å². The highest BCUT2D eigenvalue weighted by molar-refractivity contribution is 5.99. The van der Waals surface area contributed by atoms with Gasteiger partial charge in [0.2, 0.25) is 5.95 Å². The number of ether oxygens (including phenoxy) is 1. The van der Waals surface area contributed by atoms with E-state index in [1.54, 1.807) is 16.8 Å².